The van der Waals surface area contributed by atoms with E-state index in [0.717, 1.165) is 0 Å². The number of hydrogen-bond donors (Lipinski definition) is 1. The summed E-state index contributed by atoms with van der Waals surface area (Å²) in [4.78, 5) is 15.8. The SMILES string of the molecule is Cc1cccnc1NC(=O)c1cc(C(F)(F)F)cc(C(F)(F)F)c1. The van der Waals surface area contributed by atoms with Gasteiger partial charge in [0.2, 0.25) is 0 Å². The van der Waals surface area contributed by atoms with E-state index in [9.17, 15) is 31.1 Å². The number of aromatic nitrogens is 1. The van der Waals surface area contributed by atoms with Crippen molar-refractivity contribution in [3.8, 4) is 0 Å². The molecule has 0 bridgehead atoms. The van der Waals surface area contributed by atoms with Gasteiger partial charge in [-0.05, 0) is 36.8 Å². The standard InChI is InChI=1S/C15H10F6N2O/c1-8-3-2-4-22-12(8)23-13(24)9-5-10(14(16,17)18)7-11(6-9)15(19,20)21/h2-7H,1H3,(H,22,23,24). The van der Waals surface area contributed by atoms with Gasteiger partial charge in [-0.2, -0.15) is 26.3 Å². The number of anilines is 1. The molecular formula is C15H10F6N2O. The zero-order valence-electron chi connectivity index (χ0n) is 12.1. The molecule has 1 amide bonds. The van der Waals surface area contributed by atoms with Crippen LogP contribution in [0.4, 0.5) is 32.2 Å². The van der Waals surface area contributed by atoms with Crippen molar-refractivity contribution in [3.63, 3.8) is 0 Å². The molecule has 9 heteroatoms. The molecular weight excluding hydrogens is 338 g/mol. The molecule has 0 aliphatic rings. The quantitative estimate of drug-likeness (QED) is 0.801. The molecule has 2 rings (SSSR count). The molecule has 1 N–H and O–H groups in total. The van der Waals surface area contributed by atoms with E-state index < -0.39 is 35.0 Å². The van der Waals surface area contributed by atoms with Gasteiger partial charge in [0.25, 0.3) is 5.91 Å². The summed E-state index contributed by atoms with van der Waals surface area (Å²) in [6, 6.07) is 3.83. The van der Waals surface area contributed by atoms with Crippen molar-refractivity contribution >= 4 is 11.7 Å². The Morgan fingerprint density at radius 1 is 1.00 bits per heavy atom. The van der Waals surface area contributed by atoms with Crippen molar-refractivity contribution in [3.05, 3.63) is 58.8 Å². The largest absolute Gasteiger partial charge is 0.416 e. The lowest BCUT2D eigenvalue weighted by Gasteiger charge is -2.14. The van der Waals surface area contributed by atoms with Gasteiger partial charge >= 0.3 is 12.4 Å². The molecule has 0 atom stereocenters. The van der Waals surface area contributed by atoms with E-state index >= 15 is 0 Å². The maximum Gasteiger partial charge on any atom is 0.416 e. The molecule has 24 heavy (non-hydrogen) atoms. The molecule has 0 radical (unpaired) electrons. The maximum atomic E-state index is 12.8. The maximum absolute atomic E-state index is 12.8. The van der Waals surface area contributed by atoms with Gasteiger partial charge in [0, 0.05) is 11.8 Å². The molecule has 0 saturated carbocycles. The first kappa shape index (κ1) is 17.8. The summed E-state index contributed by atoms with van der Waals surface area (Å²) in [5.74, 6) is -1.07. The van der Waals surface area contributed by atoms with E-state index in [4.69, 9.17) is 0 Å². The number of nitrogens with one attached hydrogen (secondary N) is 1. The Morgan fingerprint density at radius 3 is 2.00 bits per heavy atom. The number of halogens is 6. The lowest BCUT2D eigenvalue weighted by Crippen LogP contribution is -2.18. The second-order valence-electron chi connectivity index (χ2n) is 4.92. The van der Waals surface area contributed by atoms with Gasteiger partial charge in [-0.1, -0.05) is 6.07 Å². The van der Waals surface area contributed by atoms with Crippen molar-refractivity contribution in [2.45, 2.75) is 19.3 Å². The van der Waals surface area contributed by atoms with Gasteiger partial charge in [0.15, 0.2) is 0 Å². The van der Waals surface area contributed by atoms with Crippen LogP contribution in [-0.2, 0) is 12.4 Å². The third kappa shape index (κ3) is 4.03. The molecule has 0 spiro atoms. The minimum atomic E-state index is -5.02. The van der Waals surface area contributed by atoms with Gasteiger partial charge < -0.3 is 5.32 Å². The molecule has 3 nitrogen and oxygen atoms in total. The van der Waals surface area contributed by atoms with E-state index in [1.807, 2.05) is 0 Å². The highest BCUT2D eigenvalue weighted by Crippen LogP contribution is 2.36. The van der Waals surface area contributed by atoms with Crippen LogP contribution < -0.4 is 5.32 Å². The van der Waals surface area contributed by atoms with Crippen LogP contribution in [0.15, 0.2) is 36.5 Å². The normalized spacial score (nSPS) is 12.1. The third-order valence-corrected chi connectivity index (χ3v) is 3.09. The molecule has 0 aliphatic carbocycles. The number of alkyl halides is 6. The summed E-state index contributed by atoms with van der Waals surface area (Å²) in [7, 11) is 0. The Hall–Kier alpha value is -2.58. The van der Waals surface area contributed by atoms with Crippen molar-refractivity contribution in [1.82, 2.24) is 4.98 Å². The number of aryl methyl sites for hydroxylation is 1. The molecule has 0 saturated heterocycles. The number of pyridine rings is 1. The van der Waals surface area contributed by atoms with Crippen LogP contribution >= 0.6 is 0 Å². The van der Waals surface area contributed by atoms with Crippen molar-refractivity contribution in [2.24, 2.45) is 0 Å². The summed E-state index contributed by atoms with van der Waals surface area (Å²) in [5.41, 5.74) is -3.36. The number of carbonyl (C=O) groups excluding carboxylic acids is 1. The fourth-order valence-corrected chi connectivity index (χ4v) is 1.88. The van der Waals surface area contributed by atoms with Gasteiger partial charge in [0.05, 0.1) is 11.1 Å². The topological polar surface area (TPSA) is 42.0 Å². The minimum Gasteiger partial charge on any atom is -0.306 e. The summed E-state index contributed by atoms with van der Waals surface area (Å²) < 4.78 is 76.7. The highest BCUT2D eigenvalue weighted by atomic mass is 19.4. The average molecular weight is 348 g/mol. The molecule has 1 heterocycles. The Balaban J connectivity index is 2.45. The van der Waals surface area contributed by atoms with Gasteiger partial charge in [0.1, 0.15) is 5.82 Å². The predicted molar refractivity (Wildman–Crippen MR) is 73.4 cm³/mol. The number of benzene rings is 1. The Labute approximate surface area is 132 Å². The molecule has 1 aromatic heterocycles. The van der Waals surface area contributed by atoms with Gasteiger partial charge in [-0.15, -0.1) is 0 Å². The number of amides is 1. The number of carbonyl (C=O) groups is 1. The van der Waals surface area contributed by atoms with Crippen LogP contribution in [0.5, 0.6) is 0 Å². The predicted octanol–water partition coefficient (Wildman–Crippen LogP) is 4.68. The Morgan fingerprint density at radius 2 is 1.54 bits per heavy atom. The fraction of sp³-hybridized carbons (Fsp3) is 0.200. The van der Waals surface area contributed by atoms with Crippen LogP contribution in [0, 0.1) is 6.92 Å². The first-order valence-electron chi connectivity index (χ1n) is 6.51. The summed E-state index contributed by atoms with van der Waals surface area (Å²) >= 11 is 0. The smallest absolute Gasteiger partial charge is 0.306 e. The van der Waals surface area contributed by atoms with Crippen molar-refractivity contribution in [2.75, 3.05) is 5.32 Å². The van der Waals surface area contributed by atoms with Crippen LogP contribution in [0.25, 0.3) is 0 Å². The average Bonchev–Trinajstić information content (AvgIpc) is 2.47. The van der Waals surface area contributed by atoms with Crippen molar-refractivity contribution in [1.29, 1.82) is 0 Å². The third-order valence-electron chi connectivity index (χ3n) is 3.09. The zero-order chi connectivity index (χ0) is 18.1. The van der Waals surface area contributed by atoms with E-state index in [1.165, 1.54) is 6.20 Å². The lowest BCUT2D eigenvalue weighted by molar-refractivity contribution is -0.143. The molecule has 0 unspecified atom stereocenters. The summed E-state index contributed by atoms with van der Waals surface area (Å²) in [6.45, 7) is 1.58. The van der Waals surface area contributed by atoms with Gasteiger partial charge in [-0.3, -0.25) is 4.79 Å². The van der Waals surface area contributed by atoms with Crippen LogP contribution in [0.2, 0.25) is 0 Å². The fourth-order valence-electron chi connectivity index (χ4n) is 1.88. The van der Waals surface area contributed by atoms with Crippen LogP contribution in [-0.4, -0.2) is 10.9 Å². The number of hydrogen-bond acceptors (Lipinski definition) is 2. The molecule has 2 aromatic rings. The van der Waals surface area contributed by atoms with Crippen LogP contribution in [0.3, 0.4) is 0 Å². The zero-order valence-corrected chi connectivity index (χ0v) is 12.1. The monoisotopic (exact) mass is 348 g/mol. The van der Waals surface area contributed by atoms with Crippen LogP contribution in [0.1, 0.15) is 27.0 Å². The second-order valence-corrected chi connectivity index (χ2v) is 4.92. The first-order valence-corrected chi connectivity index (χ1v) is 6.51. The molecule has 128 valence electrons. The highest BCUT2D eigenvalue weighted by Gasteiger charge is 2.37. The number of rotatable bonds is 2. The second kappa shape index (κ2) is 6.14. The molecule has 0 fully saturated rings. The van der Waals surface area contributed by atoms with E-state index in [0.29, 0.717) is 17.7 Å². The lowest BCUT2D eigenvalue weighted by atomic mass is 10.0. The van der Waals surface area contributed by atoms with Crippen molar-refractivity contribution < 1.29 is 31.1 Å². The van der Waals surface area contributed by atoms with Gasteiger partial charge in [-0.25, -0.2) is 4.98 Å². The Bertz CT molecular complexity index is 735. The van der Waals surface area contributed by atoms with E-state index in [2.05, 4.69) is 10.3 Å². The minimum absolute atomic E-state index is 0.0389. The van der Waals surface area contributed by atoms with E-state index in [1.54, 1.807) is 19.1 Å². The molecule has 0 aliphatic heterocycles. The Kier molecular flexibility index (Phi) is 4.54. The highest BCUT2D eigenvalue weighted by molar-refractivity contribution is 6.04. The summed E-state index contributed by atoms with van der Waals surface area (Å²) in [6.07, 6.45) is -8.70. The molecule has 1 aromatic carbocycles. The van der Waals surface area contributed by atoms with E-state index in [-0.39, 0.29) is 11.9 Å². The number of nitrogens with zero attached hydrogens (tertiary/aromatic N) is 1. The first-order chi connectivity index (χ1) is 11.0. The summed E-state index contributed by atoms with van der Waals surface area (Å²) in [5, 5.41) is 2.20.